The van der Waals surface area contributed by atoms with Gasteiger partial charge in [0.25, 0.3) is 0 Å². The average molecular weight is 443 g/mol. The van der Waals surface area contributed by atoms with E-state index in [-0.39, 0.29) is 18.9 Å². The minimum atomic E-state index is -2.72. The summed E-state index contributed by atoms with van der Waals surface area (Å²) in [7, 11) is 1.19. The Hall–Kier alpha value is -2.71. The molecule has 2 atom stereocenters. The third-order valence-electron chi connectivity index (χ3n) is 4.65. The van der Waals surface area contributed by atoms with Crippen LogP contribution in [-0.2, 0) is 25.7 Å². The maximum atomic E-state index is 13.4. The smallest absolute Gasteiger partial charge is 0.408 e. The van der Waals surface area contributed by atoms with Gasteiger partial charge in [0, 0.05) is 5.41 Å². The molecule has 0 saturated carbocycles. The lowest BCUT2D eigenvalue weighted by Crippen LogP contribution is -2.53. The van der Waals surface area contributed by atoms with Gasteiger partial charge in [-0.05, 0) is 24.3 Å². The molecule has 0 heterocycles. The molecule has 1 aromatic carbocycles. The second kappa shape index (κ2) is 12.2. The zero-order valence-electron chi connectivity index (χ0n) is 18.6. The maximum absolute atomic E-state index is 13.4. The third kappa shape index (κ3) is 9.31. The zero-order valence-corrected chi connectivity index (χ0v) is 18.6. The Labute approximate surface area is 181 Å². The molecular weight excluding hydrogens is 410 g/mol. The van der Waals surface area contributed by atoms with Crippen molar-refractivity contribution in [3.63, 3.8) is 0 Å². The lowest BCUT2D eigenvalue weighted by atomic mass is 9.85. The number of hydrogen-bond donors (Lipinski definition) is 2. The quantitative estimate of drug-likeness (QED) is 0.510. The van der Waals surface area contributed by atoms with Crippen LogP contribution < -0.4 is 10.6 Å². The first-order chi connectivity index (χ1) is 14.5. The van der Waals surface area contributed by atoms with Gasteiger partial charge in [0.2, 0.25) is 12.3 Å². The molecule has 0 fully saturated rings. The van der Waals surface area contributed by atoms with Crippen LogP contribution in [0.4, 0.5) is 13.6 Å². The normalized spacial score (nSPS) is 13.5. The molecule has 0 aliphatic carbocycles. The fourth-order valence-corrected chi connectivity index (χ4v) is 2.83. The molecule has 2 N–H and O–H groups in total. The topological polar surface area (TPSA) is 93.7 Å². The molecule has 0 aliphatic rings. The third-order valence-corrected chi connectivity index (χ3v) is 4.65. The van der Waals surface area contributed by atoms with Crippen molar-refractivity contribution in [3.8, 4) is 0 Å². The van der Waals surface area contributed by atoms with Crippen LogP contribution in [-0.4, -0.2) is 43.6 Å². The zero-order chi connectivity index (χ0) is 23.6. The van der Waals surface area contributed by atoms with Crippen molar-refractivity contribution in [3.05, 3.63) is 35.9 Å². The summed E-state index contributed by atoms with van der Waals surface area (Å²) in [6.07, 6.45) is -3.71. The molecule has 2 unspecified atom stereocenters. The number of hydrogen-bond acceptors (Lipinski definition) is 5. The summed E-state index contributed by atoms with van der Waals surface area (Å²) in [4.78, 5) is 37.1. The van der Waals surface area contributed by atoms with E-state index in [9.17, 15) is 23.2 Å². The maximum Gasteiger partial charge on any atom is 0.408 e. The fourth-order valence-electron chi connectivity index (χ4n) is 2.83. The number of carbonyl (C=O) groups is 3. The molecule has 0 bridgehead atoms. The van der Waals surface area contributed by atoms with Crippen LogP contribution in [0.15, 0.2) is 30.3 Å². The molecule has 1 aromatic rings. The number of methoxy groups -OCH3 is 1. The molecule has 9 heteroatoms. The van der Waals surface area contributed by atoms with Gasteiger partial charge in [-0.3, -0.25) is 4.79 Å². The highest BCUT2D eigenvalue weighted by Crippen LogP contribution is 2.30. The lowest BCUT2D eigenvalue weighted by molar-refractivity contribution is -0.146. The molecule has 31 heavy (non-hydrogen) atoms. The van der Waals surface area contributed by atoms with Crippen LogP contribution in [0.3, 0.4) is 0 Å². The van der Waals surface area contributed by atoms with Crippen LogP contribution in [0.1, 0.15) is 46.1 Å². The summed E-state index contributed by atoms with van der Waals surface area (Å²) < 4.78 is 36.7. The minimum absolute atomic E-state index is 0.0443. The van der Waals surface area contributed by atoms with E-state index in [2.05, 4.69) is 10.6 Å². The van der Waals surface area contributed by atoms with Gasteiger partial charge in [-0.2, -0.15) is 0 Å². The number of carbonyl (C=O) groups excluding carboxylic acids is 3. The van der Waals surface area contributed by atoms with E-state index in [1.165, 1.54) is 21.0 Å². The Balaban J connectivity index is 2.91. The van der Waals surface area contributed by atoms with Gasteiger partial charge in [-0.15, -0.1) is 0 Å². The Bertz CT molecular complexity index is 726. The van der Waals surface area contributed by atoms with E-state index in [0.717, 1.165) is 5.56 Å². The summed E-state index contributed by atoms with van der Waals surface area (Å²) >= 11 is 0. The number of amides is 2. The standard InChI is InChI=1S/C22H32F2N2O5/c1-14(2)11-16(19(28)30-5)25-18(27)17(12-22(3,4)20(23)24)26-21(29)31-13-15-9-7-6-8-10-15/h6-10,14,16-17,20H,11-13H2,1-5H3,(H,25,27)(H,26,29). The summed E-state index contributed by atoms with van der Waals surface area (Å²) in [5.41, 5.74) is -0.831. The number of ether oxygens (including phenoxy) is 2. The van der Waals surface area contributed by atoms with Crippen molar-refractivity contribution >= 4 is 18.0 Å². The molecule has 174 valence electrons. The van der Waals surface area contributed by atoms with Crippen molar-refractivity contribution in [2.24, 2.45) is 11.3 Å². The number of halogens is 2. The van der Waals surface area contributed by atoms with Crippen LogP contribution in [0.5, 0.6) is 0 Å². The monoisotopic (exact) mass is 442 g/mol. The van der Waals surface area contributed by atoms with Crippen LogP contribution in [0, 0.1) is 11.3 Å². The van der Waals surface area contributed by atoms with Gasteiger partial charge in [0.15, 0.2) is 0 Å². The lowest BCUT2D eigenvalue weighted by Gasteiger charge is -2.29. The van der Waals surface area contributed by atoms with Gasteiger partial charge in [-0.1, -0.05) is 58.0 Å². The molecule has 1 rings (SSSR count). The fraction of sp³-hybridized carbons (Fsp3) is 0.591. The first kappa shape index (κ1) is 26.3. The second-order valence-corrected chi connectivity index (χ2v) is 8.47. The number of alkyl carbamates (subject to hydrolysis) is 1. The Morgan fingerprint density at radius 2 is 1.65 bits per heavy atom. The number of benzene rings is 1. The predicted octanol–water partition coefficient (Wildman–Crippen LogP) is 3.67. The van der Waals surface area contributed by atoms with Crippen LogP contribution >= 0.6 is 0 Å². The average Bonchev–Trinajstić information content (AvgIpc) is 2.70. The van der Waals surface area contributed by atoms with Crippen LogP contribution in [0.2, 0.25) is 0 Å². The number of esters is 1. The summed E-state index contributed by atoms with van der Waals surface area (Å²) in [5, 5.41) is 4.87. The molecule has 0 aliphatic heterocycles. The molecule has 0 spiro atoms. The highest BCUT2D eigenvalue weighted by molar-refractivity contribution is 5.89. The van der Waals surface area contributed by atoms with Crippen molar-refractivity contribution in [2.45, 2.75) is 65.7 Å². The molecular formula is C22H32F2N2O5. The van der Waals surface area contributed by atoms with Gasteiger partial charge >= 0.3 is 12.1 Å². The molecule has 0 saturated heterocycles. The highest BCUT2D eigenvalue weighted by atomic mass is 19.3. The number of rotatable bonds is 11. The van der Waals surface area contributed by atoms with Gasteiger partial charge in [-0.25, -0.2) is 18.4 Å². The van der Waals surface area contributed by atoms with Crippen LogP contribution in [0.25, 0.3) is 0 Å². The largest absolute Gasteiger partial charge is 0.467 e. The van der Waals surface area contributed by atoms with E-state index in [1.54, 1.807) is 24.3 Å². The van der Waals surface area contributed by atoms with E-state index < -0.39 is 41.9 Å². The van der Waals surface area contributed by atoms with E-state index >= 15 is 0 Å². The Kier molecular flexibility index (Phi) is 10.4. The molecule has 0 aromatic heterocycles. The summed E-state index contributed by atoms with van der Waals surface area (Å²) in [6, 6.07) is 6.59. The SMILES string of the molecule is COC(=O)C(CC(C)C)NC(=O)C(CC(C)(C)C(F)F)NC(=O)OCc1ccccc1. The molecule has 2 amide bonds. The minimum Gasteiger partial charge on any atom is -0.467 e. The predicted molar refractivity (Wildman–Crippen MR) is 111 cm³/mol. The van der Waals surface area contributed by atoms with Gasteiger partial charge in [0.05, 0.1) is 7.11 Å². The number of nitrogens with one attached hydrogen (secondary N) is 2. The van der Waals surface area contributed by atoms with Gasteiger partial charge in [0.1, 0.15) is 18.7 Å². The summed E-state index contributed by atoms with van der Waals surface area (Å²) in [6.45, 7) is 6.26. The second-order valence-electron chi connectivity index (χ2n) is 8.47. The van der Waals surface area contributed by atoms with Gasteiger partial charge < -0.3 is 20.1 Å². The van der Waals surface area contributed by atoms with Crippen molar-refractivity contribution < 1.29 is 32.6 Å². The van der Waals surface area contributed by atoms with Crippen molar-refractivity contribution in [1.82, 2.24) is 10.6 Å². The Morgan fingerprint density at radius 3 is 2.16 bits per heavy atom. The van der Waals surface area contributed by atoms with E-state index in [0.29, 0.717) is 6.42 Å². The highest BCUT2D eigenvalue weighted by Gasteiger charge is 2.37. The first-order valence-corrected chi connectivity index (χ1v) is 10.1. The molecule has 7 nitrogen and oxygen atoms in total. The summed E-state index contributed by atoms with van der Waals surface area (Å²) in [5.74, 6) is -1.36. The Morgan fingerprint density at radius 1 is 1.03 bits per heavy atom. The van der Waals surface area contributed by atoms with Crippen molar-refractivity contribution in [1.29, 1.82) is 0 Å². The van der Waals surface area contributed by atoms with E-state index in [4.69, 9.17) is 9.47 Å². The number of alkyl halides is 2. The molecule has 0 radical (unpaired) electrons. The van der Waals surface area contributed by atoms with Crippen molar-refractivity contribution in [2.75, 3.05) is 7.11 Å². The van der Waals surface area contributed by atoms with E-state index in [1.807, 2.05) is 19.9 Å². The first-order valence-electron chi connectivity index (χ1n) is 10.1.